The number of amides is 1. The average Bonchev–Trinajstić information content (AvgIpc) is 2.41. The van der Waals surface area contributed by atoms with Gasteiger partial charge in [-0.2, -0.15) is 5.26 Å². The van der Waals surface area contributed by atoms with E-state index in [0.29, 0.717) is 18.5 Å². The molecular weight excluding hydrogens is 226 g/mol. The van der Waals surface area contributed by atoms with Gasteiger partial charge in [0.05, 0.1) is 17.7 Å². The van der Waals surface area contributed by atoms with E-state index in [1.54, 1.807) is 12.1 Å². The van der Waals surface area contributed by atoms with Gasteiger partial charge in [0.25, 0.3) is 0 Å². The van der Waals surface area contributed by atoms with Crippen LogP contribution in [0.4, 0.5) is 0 Å². The van der Waals surface area contributed by atoms with Crippen molar-refractivity contribution in [2.75, 3.05) is 6.54 Å². The summed E-state index contributed by atoms with van der Waals surface area (Å²) >= 11 is 0. The van der Waals surface area contributed by atoms with Gasteiger partial charge in [0.15, 0.2) is 0 Å². The van der Waals surface area contributed by atoms with Gasteiger partial charge < -0.3 is 10.6 Å². The van der Waals surface area contributed by atoms with Crippen molar-refractivity contribution < 1.29 is 4.79 Å². The third-order valence-electron chi connectivity index (χ3n) is 3.48. The van der Waals surface area contributed by atoms with Crippen LogP contribution in [0.3, 0.4) is 0 Å². The van der Waals surface area contributed by atoms with Crippen molar-refractivity contribution in [1.29, 1.82) is 5.26 Å². The third-order valence-corrected chi connectivity index (χ3v) is 3.48. The number of rotatable bonds is 2. The predicted octanol–water partition coefficient (Wildman–Crippen LogP) is 1.57. The van der Waals surface area contributed by atoms with Crippen LogP contribution in [0.15, 0.2) is 24.3 Å². The second-order valence-corrected chi connectivity index (χ2v) is 4.56. The highest BCUT2D eigenvalue weighted by Gasteiger charge is 2.33. The number of hydrogen-bond acceptors (Lipinski definition) is 3. The molecule has 2 unspecified atom stereocenters. The fourth-order valence-electron chi connectivity index (χ4n) is 2.53. The average molecular weight is 243 g/mol. The lowest BCUT2D eigenvalue weighted by atomic mass is 9.90. The minimum atomic E-state index is -0.0657. The molecule has 1 aliphatic rings. The molecular formula is C14H17N3O. The fraction of sp³-hybridized carbons (Fsp3) is 0.429. The van der Waals surface area contributed by atoms with Gasteiger partial charge in [-0.1, -0.05) is 12.1 Å². The largest absolute Gasteiger partial charge is 0.334 e. The van der Waals surface area contributed by atoms with E-state index in [4.69, 9.17) is 11.0 Å². The maximum absolute atomic E-state index is 11.9. The molecule has 0 bridgehead atoms. The van der Waals surface area contributed by atoms with E-state index in [1.807, 2.05) is 24.0 Å². The van der Waals surface area contributed by atoms with Crippen LogP contribution in [0, 0.1) is 11.3 Å². The number of carbonyl (C=O) groups excluding carboxylic acids is 1. The highest BCUT2D eigenvalue weighted by atomic mass is 16.2. The maximum atomic E-state index is 11.9. The Hall–Kier alpha value is -1.86. The predicted molar refractivity (Wildman–Crippen MR) is 68.5 cm³/mol. The number of benzene rings is 1. The Bertz CT molecular complexity index is 475. The number of carbonyl (C=O) groups is 1. The van der Waals surface area contributed by atoms with Gasteiger partial charge in [-0.25, -0.2) is 0 Å². The van der Waals surface area contributed by atoms with Gasteiger partial charge in [0.2, 0.25) is 5.91 Å². The van der Waals surface area contributed by atoms with Gasteiger partial charge >= 0.3 is 0 Å². The summed E-state index contributed by atoms with van der Waals surface area (Å²) < 4.78 is 0. The normalized spacial score (nSPS) is 23.8. The summed E-state index contributed by atoms with van der Waals surface area (Å²) in [5, 5.41) is 8.79. The molecule has 0 aliphatic carbocycles. The summed E-state index contributed by atoms with van der Waals surface area (Å²) in [4.78, 5) is 13.7. The van der Waals surface area contributed by atoms with Crippen LogP contribution in [0.2, 0.25) is 0 Å². The zero-order valence-electron chi connectivity index (χ0n) is 10.5. The van der Waals surface area contributed by atoms with Crippen LogP contribution in [0.1, 0.15) is 36.9 Å². The molecule has 4 nitrogen and oxygen atoms in total. The summed E-state index contributed by atoms with van der Waals surface area (Å²) in [6.45, 7) is 2.63. The summed E-state index contributed by atoms with van der Waals surface area (Å²) in [6.07, 6.45) is 1.25. The van der Waals surface area contributed by atoms with Crippen molar-refractivity contribution in [3.05, 3.63) is 35.4 Å². The maximum Gasteiger partial charge on any atom is 0.223 e. The second-order valence-electron chi connectivity index (χ2n) is 4.56. The first kappa shape index (κ1) is 12.6. The van der Waals surface area contributed by atoms with E-state index >= 15 is 0 Å². The zero-order chi connectivity index (χ0) is 13.1. The van der Waals surface area contributed by atoms with E-state index < -0.39 is 0 Å². The molecule has 0 spiro atoms. The Kier molecular flexibility index (Phi) is 3.63. The Morgan fingerprint density at radius 3 is 2.67 bits per heavy atom. The SMILES string of the molecule is CCN1C(=O)CCC(N)C1c1ccc(C#N)cc1. The number of likely N-dealkylation sites (N-methyl/N-ethyl adjacent to an activating group) is 1. The molecule has 1 aliphatic heterocycles. The Balaban J connectivity index is 2.32. The molecule has 4 heteroatoms. The monoisotopic (exact) mass is 243 g/mol. The van der Waals surface area contributed by atoms with Crippen molar-refractivity contribution in [3.8, 4) is 6.07 Å². The van der Waals surface area contributed by atoms with Crippen LogP contribution in [0.25, 0.3) is 0 Å². The molecule has 2 atom stereocenters. The third kappa shape index (κ3) is 2.22. The second kappa shape index (κ2) is 5.19. The lowest BCUT2D eigenvalue weighted by molar-refractivity contribution is -0.137. The molecule has 94 valence electrons. The molecule has 2 rings (SSSR count). The number of nitriles is 1. The molecule has 0 saturated carbocycles. The van der Waals surface area contributed by atoms with E-state index in [0.717, 1.165) is 12.0 Å². The Labute approximate surface area is 107 Å². The summed E-state index contributed by atoms with van der Waals surface area (Å²) in [7, 11) is 0. The minimum absolute atomic E-state index is 0.0319. The molecule has 1 heterocycles. The van der Waals surface area contributed by atoms with Crippen LogP contribution in [0.5, 0.6) is 0 Å². The lowest BCUT2D eigenvalue weighted by Crippen LogP contribution is -2.48. The first-order valence-corrected chi connectivity index (χ1v) is 6.22. The van der Waals surface area contributed by atoms with Gasteiger partial charge in [-0.15, -0.1) is 0 Å². The van der Waals surface area contributed by atoms with E-state index in [-0.39, 0.29) is 18.0 Å². The summed E-state index contributed by atoms with van der Waals surface area (Å²) in [6, 6.07) is 9.32. The van der Waals surface area contributed by atoms with Crippen molar-refractivity contribution in [2.45, 2.75) is 31.8 Å². The fourth-order valence-corrected chi connectivity index (χ4v) is 2.53. The topological polar surface area (TPSA) is 70.1 Å². The van der Waals surface area contributed by atoms with Gasteiger partial charge in [-0.3, -0.25) is 4.79 Å². The van der Waals surface area contributed by atoms with Crippen molar-refractivity contribution >= 4 is 5.91 Å². The minimum Gasteiger partial charge on any atom is -0.334 e. The highest BCUT2D eigenvalue weighted by Crippen LogP contribution is 2.30. The van der Waals surface area contributed by atoms with Crippen molar-refractivity contribution in [2.24, 2.45) is 5.73 Å². The molecule has 1 amide bonds. The molecule has 2 N–H and O–H groups in total. The first-order valence-electron chi connectivity index (χ1n) is 6.22. The van der Waals surface area contributed by atoms with Crippen LogP contribution < -0.4 is 5.73 Å². The molecule has 0 radical (unpaired) electrons. The molecule has 1 saturated heterocycles. The molecule has 1 aromatic carbocycles. The standard InChI is InChI=1S/C14H17N3O/c1-2-17-13(18)8-7-12(16)14(17)11-5-3-10(9-15)4-6-11/h3-6,12,14H,2,7-8,16H2,1H3. The van der Waals surface area contributed by atoms with Crippen LogP contribution in [-0.2, 0) is 4.79 Å². The number of nitrogens with two attached hydrogens (primary N) is 1. The number of hydrogen-bond donors (Lipinski definition) is 1. The number of likely N-dealkylation sites (tertiary alicyclic amines) is 1. The molecule has 1 aromatic rings. The van der Waals surface area contributed by atoms with Crippen LogP contribution in [-0.4, -0.2) is 23.4 Å². The number of nitrogens with zero attached hydrogens (tertiary/aromatic N) is 2. The van der Waals surface area contributed by atoms with Gasteiger partial charge in [0, 0.05) is 19.0 Å². The van der Waals surface area contributed by atoms with Crippen LogP contribution >= 0.6 is 0 Å². The van der Waals surface area contributed by atoms with E-state index in [1.165, 1.54) is 0 Å². The summed E-state index contributed by atoms with van der Waals surface area (Å²) in [5.41, 5.74) is 7.78. The summed E-state index contributed by atoms with van der Waals surface area (Å²) in [5.74, 6) is 0.161. The molecule has 1 fully saturated rings. The van der Waals surface area contributed by atoms with E-state index in [2.05, 4.69) is 6.07 Å². The lowest BCUT2D eigenvalue weighted by Gasteiger charge is -2.39. The molecule has 18 heavy (non-hydrogen) atoms. The Morgan fingerprint density at radius 1 is 1.44 bits per heavy atom. The quantitative estimate of drug-likeness (QED) is 0.857. The molecule has 0 aromatic heterocycles. The van der Waals surface area contributed by atoms with Crippen molar-refractivity contribution in [1.82, 2.24) is 4.90 Å². The highest BCUT2D eigenvalue weighted by molar-refractivity contribution is 5.77. The first-order chi connectivity index (χ1) is 8.67. The smallest absolute Gasteiger partial charge is 0.223 e. The zero-order valence-corrected chi connectivity index (χ0v) is 10.5. The Morgan fingerprint density at radius 2 is 2.11 bits per heavy atom. The van der Waals surface area contributed by atoms with E-state index in [9.17, 15) is 4.79 Å². The van der Waals surface area contributed by atoms with Crippen molar-refractivity contribution in [3.63, 3.8) is 0 Å². The van der Waals surface area contributed by atoms with Gasteiger partial charge in [0.1, 0.15) is 0 Å². The van der Waals surface area contributed by atoms with Gasteiger partial charge in [-0.05, 0) is 31.0 Å². The number of piperidine rings is 1.